The van der Waals surface area contributed by atoms with Gasteiger partial charge in [0.15, 0.2) is 0 Å². The molecule has 3 atom stereocenters. The van der Waals surface area contributed by atoms with Crippen molar-refractivity contribution in [2.75, 3.05) is 23.7 Å². The highest BCUT2D eigenvalue weighted by Gasteiger charge is 2.52. The Morgan fingerprint density at radius 1 is 1.09 bits per heavy atom. The van der Waals surface area contributed by atoms with Gasteiger partial charge in [-0.2, -0.15) is 4.98 Å². The van der Waals surface area contributed by atoms with E-state index in [9.17, 15) is 14.7 Å². The third kappa shape index (κ3) is 3.97. The van der Waals surface area contributed by atoms with Gasteiger partial charge in [0.05, 0.1) is 12.0 Å². The second-order valence-electron chi connectivity index (χ2n) is 9.86. The number of hydrogen-bond acceptors (Lipinski definition) is 7. The first-order valence-corrected chi connectivity index (χ1v) is 12.1. The second kappa shape index (κ2) is 8.75. The summed E-state index contributed by atoms with van der Waals surface area (Å²) in [6.45, 7) is 1.65. The molecule has 1 aromatic rings. The quantitative estimate of drug-likeness (QED) is 0.728. The number of hydrogen-bond donors (Lipinski definition) is 2. The van der Waals surface area contributed by atoms with E-state index in [2.05, 4.69) is 14.9 Å². The molecule has 4 fully saturated rings. The molecule has 2 saturated heterocycles. The summed E-state index contributed by atoms with van der Waals surface area (Å²) in [6, 6.07) is 2.22. The maximum absolute atomic E-state index is 13.0. The van der Waals surface area contributed by atoms with Crippen molar-refractivity contribution in [3.05, 3.63) is 12.3 Å². The minimum atomic E-state index is -0.667. The van der Waals surface area contributed by atoms with Gasteiger partial charge < -0.3 is 20.5 Å². The van der Waals surface area contributed by atoms with Crippen LogP contribution >= 0.6 is 0 Å². The number of nitrogens with two attached hydrogens (primary N) is 1. The molecule has 1 amide bonds. The Kier molecular flexibility index (Phi) is 5.82. The highest BCUT2D eigenvalue weighted by molar-refractivity contribution is 5.71. The summed E-state index contributed by atoms with van der Waals surface area (Å²) in [5.41, 5.74) is 5.73. The number of ether oxygens (including phenoxy) is 1. The Hall–Kier alpha value is -2.58. The largest absolute Gasteiger partial charge is 0.481 e. The third-order valence-electron chi connectivity index (χ3n) is 8.21. The van der Waals surface area contributed by atoms with Crippen molar-refractivity contribution in [3.8, 4) is 0 Å². The standard InChI is InChI=1S/C23H33N5O4/c24-22-25-11-8-19(26-22)27-12-9-16(10-13-27)28-18-3-1-2-17(20(18)32-23(28)31)14-4-6-15(7-5-14)21(29)30/h8,11,14-18,20H,1-7,9-10,12-13H2,(H,29,30)(H2,24,25,26). The maximum atomic E-state index is 13.0. The van der Waals surface area contributed by atoms with Gasteiger partial charge in [-0.05, 0) is 63.4 Å². The highest BCUT2D eigenvalue weighted by Crippen LogP contribution is 2.45. The van der Waals surface area contributed by atoms with E-state index in [4.69, 9.17) is 10.5 Å². The summed E-state index contributed by atoms with van der Waals surface area (Å²) >= 11 is 0. The van der Waals surface area contributed by atoms with E-state index in [1.54, 1.807) is 6.20 Å². The van der Waals surface area contributed by atoms with Crippen LogP contribution < -0.4 is 10.6 Å². The minimum absolute atomic E-state index is 0.0395. The number of nitrogen functional groups attached to an aromatic ring is 1. The number of carboxylic acid groups (broad SMARTS) is 1. The van der Waals surface area contributed by atoms with Crippen LogP contribution in [-0.2, 0) is 9.53 Å². The van der Waals surface area contributed by atoms with Crippen molar-refractivity contribution in [1.29, 1.82) is 0 Å². The summed E-state index contributed by atoms with van der Waals surface area (Å²) < 4.78 is 6.02. The molecule has 0 spiro atoms. The fourth-order valence-electron chi connectivity index (χ4n) is 6.58. The van der Waals surface area contributed by atoms with E-state index in [0.717, 1.165) is 76.7 Å². The number of fused-ring (bicyclic) bond motifs is 1. The molecular formula is C23H33N5O4. The predicted molar refractivity (Wildman–Crippen MR) is 118 cm³/mol. The number of nitrogens with zero attached hydrogens (tertiary/aromatic N) is 4. The summed E-state index contributed by atoms with van der Waals surface area (Å²) in [5, 5.41) is 9.31. The van der Waals surface area contributed by atoms with Crippen LogP contribution in [-0.4, -0.2) is 63.3 Å². The molecule has 3 N–H and O–H groups in total. The van der Waals surface area contributed by atoms with E-state index < -0.39 is 5.97 Å². The Balaban J connectivity index is 1.22. The van der Waals surface area contributed by atoms with Gasteiger partial charge in [0.25, 0.3) is 0 Å². The molecule has 4 aliphatic rings. The van der Waals surface area contributed by atoms with E-state index in [1.165, 1.54) is 0 Å². The Morgan fingerprint density at radius 3 is 2.53 bits per heavy atom. The first-order valence-electron chi connectivity index (χ1n) is 12.1. The molecule has 0 bridgehead atoms. The molecule has 3 heterocycles. The Labute approximate surface area is 188 Å². The lowest BCUT2D eigenvalue weighted by Gasteiger charge is -2.43. The normalized spacial score (nSPS) is 33.6. The van der Waals surface area contributed by atoms with Crippen LogP contribution in [0.15, 0.2) is 12.3 Å². The fourth-order valence-corrected chi connectivity index (χ4v) is 6.58. The molecule has 0 radical (unpaired) electrons. The van der Waals surface area contributed by atoms with E-state index in [1.807, 2.05) is 11.0 Å². The molecule has 5 rings (SSSR count). The van der Waals surface area contributed by atoms with Crippen molar-refractivity contribution in [1.82, 2.24) is 14.9 Å². The van der Waals surface area contributed by atoms with Crippen molar-refractivity contribution < 1.29 is 19.4 Å². The third-order valence-corrected chi connectivity index (χ3v) is 8.21. The number of carbonyl (C=O) groups excluding carboxylic acids is 1. The van der Waals surface area contributed by atoms with Crippen LogP contribution in [0.5, 0.6) is 0 Å². The predicted octanol–water partition coefficient (Wildman–Crippen LogP) is 2.91. The highest BCUT2D eigenvalue weighted by atomic mass is 16.6. The van der Waals surface area contributed by atoms with Crippen LogP contribution in [0, 0.1) is 17.8 Å². The smallest absolute Gasteiger partial charge is 0.410 e. The molecule has 32 heavy (non-hydrogen) atoms. The van der Waals surface area contributed by atoms with Gasteiger partial charge in [0.2, 0.25) is 5.95 Å². The van der Waals surface area contributed by atoms with Gasteiger partial charge >= 0.3 is 12.1 Å². The van der Waals surface area contributed by atoms with E-state index in [0.29, 0.717) is 11.8 Å². The summed E-state index contributed by atoms with van der Waals surface area (Å²) in [5.74, 6) is 1.08. The first-order chi connectivity index (χ1) is 15.5. The molecule has 174 valence electrons. The van der Waals surface area contributed by atoms with Crippen LogP contribution in [0.25, 0.3) is 0 Å². The van der Waals surface area contributed by atoms with Crippen LogP contribution in [0.3, 0.4) is 0 Å². The molecule has 2 saturated carbocycles. The number of carbonyl (C=O) groups is 2. The van der Waals surface area contributed by atoms with Gasteiger partial charge in [-0.3, -0.25) is 9.69 Å². The number of rotatable bonds is 4. The maximum Gasteiger partial charge on any atom is 0.410 e. The Morgan fingerprint density at radius 2 is 1.84 bits per heavy atom. The van der Waals surface area contributed by atoms with Crippen molar-refractivity contribution in [3.63, 3.8) is 0 Å². The lowest BCUT2D eigenvalue weighted by Crippen LogP contribution is -2.52. The molecular weight excluding hydrogens is 410 g/mol. The summed E-state index contributed by atoms with van der Waals surface area (Å²) in [6.07, 6.45) is 9.81. The van der Waals surface area contributed by atoms with Crippen molar-refractivity contribution in [2.24, 2.45) is 17.8 Å². The van der Waals surface area contributed by atoms with Gasteiger partial charge in [-0.1, -0.05) is 6.42 Å². The molecule has 9 heteroatoms. The lowest BCUT2D eigenvalue weighted by atomic mass is 9.68. The van der Waals surface area contributed by atoms with Crippen LogP contribution in [0.4, 0.5) is 16.6 Å². The molecule has 1 aromatic heterocycles. The number of anilines is 2. The molecule has 9 nitrogen and oxygen atoms in total. The molecule has 3 unspecified atom stereocenters. The van der Waals surface area contributed by atoms with Crippen LogP contribution in [0.2, 0.25) is 0 Å². The molecule has 2 aliphatic carbocycles. The number of carboxylic acids is 1. The topological polar surface area (TPSA) is 122 Å². The zero-order valence-corrected chi connectivity index (χ0v) is 18.4. The zero-order valence-electron chi connectivity index (χ0n) is 18.4. The number of aromatic nitrogens is 2. The summed E-state index contributed by atoms with van der Waals surface area (Å²) in [7, 11) is 0. The number of amides is 1. The number of piperidine rings is 1. The zero-order chi connectivity index (χ0) is 22.2. The van der Waals surface area contributed by atoms with Crippen molar-refractivity contribution in [2.45, 2.75) is 76.0 Å². The molecule has 2 aliphatic heterocycles. The van der Waals surface area contributed by atoms with E-state index in [-0.39, 0.29) is 36.1 Å². The van der Waals surface area contributed by atoms with Gasteiger partial charge in [-0.25, -0.2) is 9.78 Å². The monoisotopic (exact) mass is 443 g/mol. The van der Waals surface area contributed by atoms with Gasteiger partial charge in [-0.15, -0.1) is 0 Å². The average Bonchev–Trinajstić information content (AvgIpc) is 3.15. The lowest BCUT2D eigenvalue weighted by molar-refractivity contribution is -0.143. The van der Waals surface area contributed by atoms with Crippen LogP contribution in [0.1, 0.15) is 57.8 Å². The fraction of sp³-hybridized carbons (Fsp3) is 0.739. The van der Waals surface area contributed by atoms with Gasteiger partial charge in [0.1, 0.15) is 11.9 Å². The first kappa shape index (κ1) is 21.3. The second-order valence-corrected chi connectivity index (χ2v) is 9.86. The van der Waals surface area contributed by atoms with Crippen molar-refractivity contribution >= 4 is 23.8 Å². The minimum Gasteiger partial charge on any atom is -0.481 e. The average molecular weight is 444 g/mol. The summed E-state index contributed by atoms with van der Waals surface area (Å²) in [4.78, 5) is 36.8. The Bertz CT molecular complexity index is 851. The molecule has 0 aromatic carbocycles. The number of aliphatic carboxylic acids is 1. The van der Waals surface area contributed by atoms with Gasteiger partial charge in [0, 0.05) is 31.2 Å². The SMILES string of the molecule is Nc1nccc(N2CCC(N3C(=O)OC4C(C5CCC(C(=O)O)CC5)CCCC43)CC2)n1. The van der Waals surface area contributed by atoms with E-state index >= 15 is 0 Å².